The van der Waals surface area contributed by atoms with Gasteiger partial charge in [0.05, 0.1) is 16.9 Å². The predicted molar refractivity (Wildman–Crippen MR) is 200 cm³/mol. The Labute approximate surface area is 283 Å². The van der Waals surface area contributed by atoms with Gasteiger partial charge in [-0.3, -0.25) is 9.59 Å². The molecule has 1 saturated heterocycles. The minimum Gasteiger partial charge on any atom is -0.399 e. The van der Waals surface area contributed by atoms with E-state index in [0.717, 1.165) is 65.4 Å². The Kier molecular flexibility index (Phi) is 7.50. The second-order valence-corrected chi connectivity index (χ2v) is 14.6. The van der Waals surface area contributed by atoms with Crippen LogP contribution >= 0.6 is 0 Å². The van der Waals surface area contributed by atoms with Crippen molar-refractivity contribution in [3.05, 3.63) is 95.1 Å². The van der Waals surface area contributed by atoms with Gasteiger partial charge < -0.3 is 9.31 Å². The highest BCUT2D eigenvalue weighted by Gasteiger charge is 2.52. The summed E-state index contributed by atoms with van der Waals surface area (Å²) in [6.07, 6.45) is 0. The maximum Gasteiger partial charge on any atom is 0.495 e. The van der Waals surface area contributed by atoms with Gasteiger partial charge in [0.25, 0.3) is 11.8 Å². The maximum atomic E-state index is 14.5. The highest BCUT2D eigenvalue weighted by atomic mass is 16.7. The number of carbonyl (C=O) groups excluding carboxylic acids is 2. The number of anilines is 1. The monoisotopic (exact) mass is 637 g/mol. The van der Waals surface area contributed by atoms with Crippen molar-refractivity contribution in [2.45, 2.75) is 92.3 Å². The largest absolute Gasteiger partial charge is 0.495 e. The molecule has 0 aromatic heterocycles. The highest BCUT2D eigenvalue weighted by molar-refractivity contribution is 6.66. The van der Waals surface area contributed by atoms with Crippen LogP contribution in [-0.4, -0.2) is 30.1 Å². The number of carbonyl (C=O) groups is 2. The van der Waals surface area contributed by atoms with Crippen LogP contribution in [0.15, 0.2) is 72.8 Å². The third-order valence-electron chi connectivity index (χ3n) is 10.8. The molecule has 2 aliphatic heterocycles. The van der Waals surface area contributed by atoms with E-state index in [2.05, 4.69) is 97.9 Å². The molecule has 0 atom stereocenters. The summed E-state index contributed by atoms with van der Waals surface area (Å²) in [4.78, 5) is 30.4. The van der Waals surface area contributed by atoms with E-state index in [9.17, 15) is 9.59 Å². The fourth-order valence-corrected chi connectivity index (χ4v) is 7.66. The minimum atomic E-state index is -0.489. The van der Waals surface area contributed by atoms with Crippen molar-refractivity contribution in [3.8, 4) is 0 Å². The van der Waals surface area contributed by atoms with Crippen LogP contribution in [0.25, 0.3) is 43.1 Å². The molecule has 0 spiro atoms. The summed E-state index contributed by atoms with van der Waals surface area (Å²) >= 11 is 0. The zero-order valence-electron chi connectivity index (χ0n) is 29.7. The predicted octanol–water partition coefficient (Wildman–Crippen LogP) is 10.1. The summed E-state index contributed by atoms with van der Waals surface area (Å²) in [5, 5.41) is 8.13. The quantitative estimate of drug-likeness (QED) is 0.0836. The van der Waals surface area contributed by atoms with Gasteiger partial charge >= 0.3 is 7.12 Å². The molecule has 0 aliphatic carbocycles. The van der Waals surface area contributed by atoms with Gasteiger partial charge in [0, 0.05) is 16.5 Å². The van der Waals surface area contributed by atoms with E-state index in [-0.39, 0.29) is 23.7 Å². The number of rotatable bonds is 4. The van der Waals surface area contributed by atoms with Crippen LogP contribution < -0.4 is 10.4 Å². The normalized spacial score (nSPS) is 17.1. The van der Waals surface area contributed by atoms with Crippen molar-refractivity contribution in [1.82, 2.24) is 0 Å². The third-order valence-corrected chi connectivity index (χ3v) is 10.8. The van der Waals surface area contributed by atoms with Crippen molar-refractivity contribution in [1.29, 1.82) is 0 Å². The number of para-hydroxylation sites is 1. The first-order valence-corrected chi connectivity index (χ1v) is 17.4. The molecule has 6 aromatic rings. The fourth-order valence-electron chi connectivity index (χ4n) is 7.66. The number of imide groups is 1. The lowest BCUT2D eigenvalue weighted by Gasteiger charge is -2.32. The van der Waals surface area contributed by atoms with Gasteiger partial charge in [-0.2, -0.15) is 0 Å². The van der Waals surface area contributed by atoms with Gasteiger partial charge in [-0.25, -0.2) is 4.90 Å². The van der Waals surface area contributed by atoms with Crippen LogP contribution in [0.3, 0.4) is 0 Å². The SMILES string of the molecule is CC.CC(C)c1cccc(C(C)C)c1N1C(=O)c2ccc3c4cccc5c(B6OC(C)(C)C(C)(C)O6)ccc(c6ccc(c2c36)C1=O)c54. The van der Waals surface area contributed by atoms with E-state index in [4.69, 9.17) is 9.31 Å². The summed E-state index contributed by atoms with van der Waals surface area (Å²) in [6.45, 7) is 20.7. The zero-order valence-corrected chi connectivity index (χ0v) is 29.7. The van der Waals surface area contributed by atoms with Crippen molar-refractivity contribution in [3.63, 3.8) is 0 Å². The van der Waals surface area contributed by atoms with Crippen LogP contribution in [0.5, 0.6) is 0 Å². The fraction of sp³-hybridized carbons (Fsp3) is 0.333. The van der Waals surface area contributed by atoms with Crippen molar-refractivity contribution in [2.75, 3.05) is 4.90 Å². The number of fused-ring (bicyclic) bond motifs is 2. The number of amides is 2. The van der Waals surface area contributed by atoms with E-state index in [1.807, 2.05) is 44.2 Å². The van der Waals surface area contributed by atoms with Crippen LogP contribution in [0.2, 0.25) is 0 Å². The van der Waals surface area contributed by atoms with E-state index in [0.29, 0.717) is 11.1 Å². The highest BCUT2D eigenvalue weighted by Crippen LogP contribution is 2.46. The second-order valence-electron chi connectivity index (χ2n) is 14.6. The molecule has 2 heterocycles. The van der Waals surface area contributed by atoms with E-state index in [1.54, 1.807) is 0 Å². The molecule has 0 saturated carbocycles. The molecule has 2 amide bonds. The molecule has 6 aromatic carbocycles. The average Bonchev–Trinajstić information content (AvgIpc) is 3.28. The van der Waals surface area contributed by atoms with Crippen LogP contribution in [0.4, 0.5) is 5.69 Å². The lowest BCUT2D eigenvalue weighted by Crippen LogP contribution is -2.41. The molecule has 0 radical (unpaired) electrons. The van der Waals surface area contributed by atoms with Crippen LogP contribution in [-0.2, 0) is 9.31 Å². The first-order chi connectivity index (χ1) is 22.8. The Bertz CT molecular complexity index is 2170. The molecule has 1 fully saturated rings. The summed E-state index contributed by atoms with van der Waals surface area (Å²) in [5.74, 6) is -0.247. The Balaban J connectivity index is 0.00000179. The molecule has 2 aliphatic rings. The first-order valence-electron chi connectivity index (χ1n) is 17.4. The smallest absolute Gasteiger partial charge is 0.399 e. The van der Waals surface area contributed by atoms with Gasteiger partial charge in [-0.1, -0.05) is 102 Å². The standard InChI is InChI=1S/C40H38BNO4.C2H6/c1-21(2)23-11-9-12-24(22(3)4)36(23)42-37(43)30-17-15-27-25-13-10-14-29-32(41-45-39(5,6)40(7,8)46-41)20-19-26(33(25)29)28-16-18-31(38(42)44)35(30)34(27)28;1-2/h9-22H,1-8H3;1-2H3. The summed E-state index contributed by atoms with van der Waals surface area (Å²) in [7, 11) is -0.489. The molecule has 0 unspecified atom stereocenters. The van der Waals surface area contributed by atoms with Crippen LogP contribution in [0.1, 0.15) is 113 Å². The van der Waals surface area contributed by atoms with Crippen molar-refractivity contribution in [2.24, 2.45) is 0 Å². The third kappa shape index (κ3) is 4.38. The Morgan fingerprint density at radius 2 is 1.00 bits per heavy atom. The summed E-state index contributed by atoms with van der Waals surface area (Å²) in [6, 6.07) is 24.7. The number of hydrogen-bond donors (Lipinski definition) is 0. The Hall–Kier alpha value is -4.26. The van der Waals surface area contributed by atoms with E-state index >= 15 is 0 Å². The van der Waals surface area contributed by atoms with Gasteiger partial charge in [0.1, 0.15) is 0 Å². The van der Waals surface area contributed by atoms with Crippen LogP contribution in [0, 0.1) is 0 Å². The lowest BCUT2D eigenvalue weighted by atomic mass is 9.74. The molecule has 6 heteroatoms. The van der Waals surface area contributed by atoms with Gasteiger partial charge in [0.15, 0.2) is 0 Å². The van der Waals surface area contributed by atoms with Crippen molar-refractivity contribution >= 4 is 73.2 Å². The summed E-state index contributed by atoms with van der Waals surface area (Å²) in [5.41, 5.74) is 3.95. The van der Waals surface area contributed by atoms with E-state index in [1.165, 1.54) is 4.90 Å². The Morgan fingerprint density at radius 1 is 0.562 bits per heavy atom. The number of benzene rings is 6. The van der Waals surface area contributed by atoms with Gasteiger partial charge in [-0.15, -0.1) is 0 Å². The second kappa shape index (κ2) is 11.1. The molecule has 5 nitrogen and oxygen atoms in total. The minimum absolute atomic E-state index is 0.144. The zero-order chi connectivity index (χ0) is 34.4. The van der Waals surface area contributed by atoms with Gasteiger partial charge in [-0.05, 0) is 106 Å². The van der Waals surface area contributed by atoms with Gasteiger partial charge in [0.2, 0.25) is 0 Å². The molecule has 0 N–H and O–H groups in total. The number of nitrogens with zero attached hydrogens (tertiary/aromatic N) is 1. The maximum absolute atomic E-state index is 14.5. The first kappa shape index (κ1) is 32.3. The Morgan fingerprint density at radius 3 is 1.52 bits per heavy atom. The molecule has 48 heavy (non-hydrogen) atoms. The number of hydrogen-bond acceptors (Lipinski definition) is 4. The average molecular weight is 638 g/mol. The molecule has 8 rings (SSSR count). The summed E-state index contributed by atoms with van der Waals surface area (Å²) < 4.78 is 13.0. The van der Waals surface area contributed by atoms with Crippen molar-refractivity contribution < 1.29 is 18.9 Å². The topological polar surface area (TPSA) is 55.8 Å². The van der Waals surface area contributed by atoms with E-state index < -0.39 is 18.3 Å². The molecule has 244 valence electrons. The molecular formula is C42H44BNO4. The molecular weight excluding hydrogens is 593 g/mol. The molecule has 0 bridgehead atoms. The lowest BCUT2D eigenvalue weighted by molar-refractivity contribution is 0.00578.